The maximum absolute atomic E-state index is 12.4. The smallest absolute Gasteiger partial charge is 0.270 e. The van der Waals surface area contributed by atoms with Crippen LogP contribution in [0.25, 0.3) is 0 Å². The van der Waals surface area contributed by atoms with E-state index in [0.29, 0.717) is 29.7 Å². The molecule has 1 atom stereocenters. The molecule has 0 aliphatic carbocycles. The summed E-state index contributed by atoms with van der Waals surface area (Å²) < 4.78 is 10.7. The Labute approximate surface area is 129 Å². The molecule has 0 bridgehead atoms. The second-order valence-electron chi connectivity index (χ2n) is 4.90. The van der Waals surface area contributed by atoms with Crippen molar-refractivity contribution in [1.82, 2.24) is 15.3 Å². The second-order valence-corrected chi connectivity index (χ2v) is 4.90. The number of nitrogens with one attached hydrogen (secondary N) is 2. The van der Waals surface area contributed by atoms with Gasteiger partial charge in [0.05, 0.1) is 6.61 Å². The lowest BCUT2D eigenvalue weighted by Gasteiger charge is -2.16. The minimum absolute atomic E-state index is 0.293. The average Bonchev–Trinajstić information content (AvgIpc) is 2.92. The average molecular weight is 304 g/mol. The van der Waals surface area contributed by atoms with E-state index in [-0.39, 0.29) is 11.9 Å². The number of amides is 1. The van der Waals surface area contributed by atoms with Gasteiger partial charge in [0.1, 0.15) is 23.3 Å². The van der Waals surface area contributed by atoms with E-state index in [4.69, 9.17) is 9.15 Å². The van der Waals surface area contributed by atoms with E-state index in [0.717, 1.165) is 5.76 Å². The summed E-state index contributed by atoms with van der Waals surface area (Å²) in [4.78, 5) is 20.7. The predicted molar refractivity (Wildman–Crippen MR) is 81.8 cm³/mol. The Bertz CT molecular complexity index is 654. The molecule has 2 aromatic rings. The minimum Gasteiger partial charge on any atom is -0.464 e. The fraction of sp³-hybridized carbons (Fsp3) is 0.400. The molecule has 0 radical (unpaired) electrons. The van der Waals surface area contributed by atoms with Crippen molar-refractivity contribution in [1.29, 1.82) is 0 Å². The zero-order valence-electron chi connectivity index (χ0n) is 13.1. The van der Waals surface area contributed by atoms with Crippen molar-refractivity contribution in [2.45, 2.75) is 19.9 Å². The largest absolute Gasteiger partial charge is 0.464 e. The first-order valence-electron chi connectivity index (χ1n) is 6.93. The van der Waals surface area contributed by atoms with E-state index in [1.165, 1.54) is 0 Å². The number of furan rings is 1. The molecule has 2 N–H and O–H groups in total. The molecule has 2 heterocycles. The van der Waals surface area contributed by atoms with Crippen molar-refractivity contribution in [3.63, 3.8) is 0 Å². The molecular formula is C15H20N4O3. The highest BCUT2D eigenvalue weighted by atomic mass is 16.5. The van der Waals surface area contributed by atoms with Crippen LogP contribution in [-0.4, -0.2) is 36.6 Å². The zero-order chi connectivity index (χ0) is 16.1. The number of rotatable bonds is 6. The van der Waals surface area contributed by atoms with E-state index < -0.39 is 0 Å². The lowest BCUT2D eigenvalue weighted by Crippen LogP contribution is -2.32. The van der Waals surface area contributed by atoms with Crippen LogP contribution < -0.4 is 10.6 Å². The molecule has 2 aromatic heterocycles. The third-order valence-electron chi connectivity index (χ3n) is 3.05. The summed E-state index contributed by atoms with van der Waals surface area (Å²) in [5.74, 6) is 1.52. The van der Waals surface area contributed by atoms with Crippen molar-refractivity contribution in [3.05, 3.63) is 41.1 Å². The summed E-state index contributed by atoms with van der Waals surface area (Å²) in [7, 11) is 3.28. The van der Waals surface area contributed by atoms with Crippen molar-refractivity contribution >= 4 is 11.9 Å². The van der Waals surface area contributed by atoms with E-state index in [1.54, 1.807) is 20.2 Å². The van der Waals surface area contributed by atoms with Crippen molar-refractivity contribution in [3.8, 4) is 0 Å². The molecule has 0 aromatic carbocycles. The van der Waals surface area contributed by atoms with Crippen LogP contribution in [0.3, 0.4) is 0 Å². The van der Waals surface area contributed by atoms with Crippen LogP contribution >= 0.6 is 0 Å². The standard InChI is InChI=1S/C15H20N4O3/c1-9-7-11(19-15(16-3)17-9)14(20)18-12(8-21-4)13-6-5-10(2)22-13/h5-7,12H,8H2,1-4H3,(H,18,20)(H,16,17,19). The molecule has 1 unspecified atom stereocenters. The zero-order valence-corrected chi connectivity index (χ0v) is 13.1. The number of carbonyl (C=O) groups is 1. The molecule has 118 valence electrons. The lowest BCUT2D eigenvalue weighted by molar-refractivity contribution is 0.0877. The normalized spacial score (nSPS) is 12.0. The quantitative estimate of drug-likeness (QED) is 0.846. The maximum Gasteiger partial charge on any atom is 0.270 e. The third-order valence-corrected chi connectivity index (χ3v) is 3.05. The Morgan fingerprint density at radius 1 is 1.36 bits per heavy atom. The van der Waals surface area contributed by atoms with Crippen LogP contribution in [0, 0.1) is 13.8 Å². The number of carbonyl (C=O) groups excluding carboxylic acids is 1. The van der Waals surface area contributed by atoms with Gasteiger partial charge >= 0.3 is 0 Å². The number of aryl methyl sites for hydroxylation is 2. The summed E-state index contributed by atoms with van der Waals surface area (Å²) >= 11 is 0. The van der Waals surface area contributed by atoms with Crippen molar-refractivity contribution < 1.29 is 13.9 Å². The molecule has 0 fully saturated rings. The predicted octanol–water partition coefficient (Wildman–Crippen LogP) is 1.85. The summed E-state index contributed by atoms with van der Waals surface area (Å²) in [6.45, 7) is 3.96. The van der Waals surface area contributed by atoms with E-state index >= 15 is 0 Å². The fourth-order valence-electron chi connectivity index (χ4n) is 2.03. The molecule has 7 nitrogen and oxygen atoms in total. The van der Waals surface area contributed by atoms with Gasteiger partial charge in [-0.2, -0.15) is 0 Å². The third kappa shape index (κ3) is 3.82. The highest BCUT2D eigenvalue weighted by Gasteiger charge is 2.20. The number of nitrogens with zero attached hydrogens (tertiary/aromatic N) is 2. The number of anilines is 1. The van der Waals surface area contributed by atoms with Crippen LogP contribution in [0.15, 0.2) is 22.6 Å². The van der Waals surface area contributed by atoms with Crippen LogP contribution in [0.2, 0.25) is 0 Å². The molecule has 0 spiro atoms. The van der Waals surface area contributed by atoms with Crippen LogP contribution in [0.4, 0.5) is 5.95 Å². The number of hydrogen-bond donors (Lipinski definition) is 2. The van der Waals surface area contributed by atoms with E-state index in [2.05, 4.69) is 20.6 Å². The summed E-state index contributed by atoms with van der Waals surface area (Å²) in [6.07, 6.45) is 0. The topological polar surface area (TPSA) is 89.3 Å². The number of ether oxygens (including phenoxy) is 1. The lowest BCUT2D eigenvalue weighted by atomic mass is 10.2. The summed E-state index contributed by atoms with van der Waals surface area (Å²) in [5, 5.41) is 5.70. The van der Waals surface area contributed by atoms with Gasteiger partial charge in [-0.1, -0.05) is 0 Å². The van der Waals surface area contributed by atoms with Gasteiger partial charge in [0.15, 0.2) is 0 Å². The summed E-state index contributed by atoms with van der Waals surface area (Å²) in [6, 6.07) is 4.93. The van der Waals surface area contributed by atoms with Crippen molar-refractivity contribution in [2.24, 2.45) is 0 Å². The Morgan fingerprint density at radius 3 is 2.73 bits per heavy atom. The molecule has 22 heavy (non-hydrogen) atoms. The molecule has 0 aliphatic rings. The van der Waals surface area contributed by atoms with Gasteiger partial charge in [-0.15, -0.1) is 0 Å². The molecule has 2 rings (SSSR count). The highest BCUT2D eigenvalue weighted by molar-refractivity contribution is 5.92. The molecule has 7 heteroatoms. The highest BCUT2D eigenvalue weighted by Crippen LogP contribution is 2.17. The van der Waals surface area contributed by atoms with Gasteiger partial charge in [-0.3, -0.25) is 4.79 Å². The molecule has 1 amide bonds. The minimum atomic E-state index is -0.375. The van der Waals surface area contributed by atoms with Crippen LogP contribution in [-0.2, 0) is 4.74 Å². The van der Waals surface area contributed by atoms with Crippen LogP contribution in [0.5, 0.6) is 0 Å². The Balaban J connectivity index is 2.19. The van der Waals surface area contributed by atoms with Crippen LogP contribution in [0.1, 0.15) is 33.7 Å². The number of hydrogen-bond acceptors (Lipinski definition) is 6. The first-order valence-corrected chi connectivity index (χ1v) is 6.93. The molecule has 0 saturated carbocycles. The monoisotopic (exact) mass is 304 g/mol. The SMILES string of the molecule is CNc1nc(C)cc(C(=O)NC(COC)c2ccc(C)o2)n1. The first-order chi connectivity index (χ1) is 10.5. The van der Waals surface area contributed by atoms with Gasteiger partial charge in [0.2, 0.25) is 5.95 Å². The number of aromatic nitrogens is 2. The first kappa shape index (κ1) is 16.0. The fourth-order valence-corrected chi connectivity index (χ4v) is 2.03. The van der Waals surface area contributed by atoms with Crippen molar-refractivity contribution in [2.75, 3.05) is 26.1 Å². The van der Waals surface area contributed by atoms with Gasteiger partial charge < -0.3 is 19.8 Å². The van der Waals surface area contributed by atoms with E-state index in [9.17, 15) is 4.79 Å². The molecule has 0 aliphatic heterocycles. The van der Waals surface area contributed by atoms with Gasteiger partial charge in [0.25, 0.3) is 5.91 Å². The maximum atomic E-state index is 12.4. The Morgan fingerprint density at radius 2 is 2.14 bits per heavy atom. The Kier molecular flexibility index (Phi) is 5.11. The molecule has 0 saturated heterocycles. The van der Waals surface area contributed by atoms with E-state index in [1.807, 2.05) is 26.0 Å². The van der Waals surface area contributed by atoms with Gasteiger partial charge in [0, 0.05) is 19.9 Å². The van der Waals surface area contributed by atoms with Gasteiger partial charge in [-0.25, -0.2) is 9.97 Å². The number of methoxy groups -OCH3 is 1. The summed E-state index contributed by atoms with van der Waals surface area (Å²) in [5.41, 5.74) is 1.00. The molecular weight excluding hydrogens is 284 g/mol. The second kappa shape index (κ2) is 7.04. The van der Waals surface area contributed by atoms with Gasteiger partial charge in [-0.05, 0) is 32.0 Å². The Hall–Kier alpha value is -2.41.